The first kappa shape index (κ1) is 16.5. The molecule has 0 saturated heterocycles. The zero-order valence-electron chi connectivity index (χ0n) is 15.3. The summed E-state index contributed by atoms with van der Waals surface area (Å²) >= 11 is 0. The summed E-state index contributed by atoms with van der Waals surface area (Å²) in [6.45, 7) is 8.46. The third-order valence-corrected chi connectivity index (χ3v) is 4.74. The molecule has 26 heavy (non-hydrogen) atoms. The van der Waals surface area contributed by atoms with Crippen LogP contribution in [0.25, 0.3) is 22.1 Å². The average Bonchev–Trinajstić information content (AvgIpc) is 3.03. The van der Waals surface area contributed by atoms with Gasteiger partial charge in [0.25, 0.3) is 0 Å². The Morgan fingerprint density at radius 2 is 1.69 bits per heavy atom. The maximum absolute atomic E-state index is 6.02. The van der Waals surface area contributed by atoms with Gasteiger partial charge in [-0.1, -0.05) is 12.1 Å². The van der Waals surface area contributed by atoms with E-state index in [0.717, 1.165) is 41.1 Å². The Kier molecular flexibility index (Phi) is 4.31. The van der Waals surface area contributed by atoms with E-state index in [1.165, 1.54) is 10.6 Å². The first-order chi connectivity index (χ1) is 12.7. The van der Waals surface area contributed by atoms with Gasteiger partial charge >= 0.3 is 0 Å². The fourth-order valence-corrected chi connectivity index (χ4v) is 3.37. The Labute approximate surface area is 152 Å². The highest BCUT2D eigenvalue weighted by molar-refractivity contribution is 6.06. The molecule has 0 spiro atoms. The van der Waals surface area contributed by atoms with Gasteiger partial charge in [0.05, 0.1) is 13.1 Å². The van der Waals surface area contributed by atoms with E-state index in [2.05, 4.69) is 53.4 Å². The monoisotopic (exact) mass is 347 g/mol. The van der Waals surface area contributed by atoms with E-state index in [4.69, 9.17) is 4.42 Å². The summed E-state index contributed by atoms with van der Waals surface area (Å²) in [4.78, 5) is 10.6. The predicted octanol–water partition coefficient (Wildman–Crippen LogP) is 3.98. The van der Waals surface area contributed by atoms with Gasteiger partial charge in [0, 0.05) is 23.2 Å². The fraction of sp³-hybridized carbons (Fsp3) is 0.238. The second-order valence-corrected chi connectivity index (χ2v) is 6.41. The highest BCUT2D eigenvalue weighted by atomic mass is 16.3. The third-order valence-electron chi connectivity index (χ3n) is 4.74. The van der Waals surface area contributed by atoms with Crippen molar-refractivity contribution >= 4 is 39.3 Å². The molecule has 0 amide bonds. The van der Waals surface area contributed by atoms with Crippen LogP contribution >= 0.6 is 0 Å². The molecular weight excluding hydrogens is 324 g/mol. The van der Waals surface area contributed by atoms with Gasteiger partial charge in [0.1, 0.15) is 22.6 Å². The van der Waals surface area contributed by atoms with E-state index in [9.17, 15) is 0 Å². The van der Waals surface area contributed by atoms with Crippen molar-refractivity contribution in [1.29, 1.82) is 0 Å². The number of para-hydroxylation sites is 1. The standard InChI is InChI=1S/C21H22N4O/c1-4-25(5-2)16-12-10-15(11-13-16)24-21-20-19(22-14(3)23-21)17-8-6-7-9-18(17)26-20/h6-13H,4-5H2,1-3H3,(H,22,23,24)/p+1. The third kappa shape index (κ3) is 2.91. The van der Waals surface area contributed by atoms with Crippen molar-refractivity contribution in [2.24, 2.45) is 0 Å². The number of nitrogens with zero attached hydrogens (tertiary/aromatic N) is 2. The van der Waals surface area contributed by atoms with Crippen LogP contribution in [-0.4, -0.2) is 23.1 Å². The summed E-state index contributed by atoms with van der Waals surface area (Å²) in [5.41, 5.74) is 4.65. The lowest BCUT2D eigenvalue weighted by Gasteiger charge is -2.15. The van der Waals surface area contributed by atoms with Crippen LogP contribution in [0.15, 0.2) is 52.9 Å². The Balaban J connectivity index is 1.73. The number of aromatic nitrogens is 2. The molecule has 4 aromatic rings. The highest BCUT2D eigenvalue weighted by Gasteiger charge is 2.15. The van der Waals surface area contributed by atoms with Crippen LogP contribution in [0, 0.1) is 6.92 Å². The number of nitrogens with one attached hydrogen (secondary N) is 2. The normalized spacial score (nSPS) is 11.5. The van der Waals surface area contributed by atoms with Crippen LogP contribution in [0.2, 0.25) is 0 Å². The number of hydrogen-bond donors (Lipinski definition) is 2. The zero-order chi connectivity index (χ0) is 18.1. The molecule has 132 valence electrons. The molecule has 0 aliphatic heterocycles. The predicted molar refractivity (Wildman–Crippen MR) is 105 cm³/mol. The topological polar surface area (TPSA) is 55.4 Å². The van der Waals surface area contributed by atoms with Crippen molar-refractivity contribution in [3.8, 4) is 0 Å². The molecule has 2 aromatic heterocycles. The minimum absolute atomic E-state index is 0.690. The lowest BCUT2D eigenvalue weighted by Crippen LogP contribution is -3.06. The minimum atomic E-state index is 0.690. The van der Waals surface area contributed by atoms with Crippen molar-refractivity contribution < 1.29 is 9.32 Å². The summed E-state index contributed by atoms with van der Waals surface area (Å²) in [6, 6.07) is 16.4. The zero-order valence-corrected chi connectivity index (χ0v) is 15.3. The molecule has 2 aromatic carbocycles. The number of aryl methyl sites for hydroxylation is 1. The molecule has 4 rings (SSSR count). The number of anilines is 2. The summed E-state index contributed by atoms with van der Waals surface area (Å²) in [7, 11) is 0. The largest absolute Gasteiger partial charge is 0.450 e. The Bertz CT molecular complexity index is 1050. The highest BCUT2D eigenvalue weighted by Crippen LogP contribution is 2.32. The summed E-state index contributed by atoms with van der Waals surface area (Å²) in [5, 5.41) is 4.41. The van der Waals surface area contributed by atoms with Crippen molar-refractivity contribution in [1.82, 2.24) is 9.97 Å². The van der Waals surface area contributed by atoms with Crippen LogP contribution in [0.1, 0.15) is 19.7 Å². The van der Waals surface area contributed by atoms with Crippen molar-refractivity contribution in [3.63, 3.8) is 0 Å². The molecular formula is C21H23N4O+. The van der Waals surface area contributed by atoms with E-state index in [0.29, 0.717) is 11.4 Å². The number of furan rings is 1. The molecule has 0 radical (unpaired) electrons. The van der Waals surface area contributed by atoms with Gasteiger partial charge < -0.3 is 14.6 Å². The fourth-order valence-electron chi connectivity index (χ4n) is 3.37. The van der Waals surface area contributed by atoms with E-state index < -0.39 is 0 Å². The quantitative estimate of drug-likeness (QED) is 0.573. The molecule has 0 bridgehead atoms. The SMILES string of the molecule is CC[NH+](CC)c1ccc(Nc2nc(C)nc3c2oc2ccccc23)cc1. The molecule has 0 saturated carbocycles. The lowest BCUT2D eigenvalue weighted by molar-refractivity contribution is -0.828. The van der Waals surface area contributed by atoms with Gasteiger partial charge in [0.2, 0.25) is 0 Å². The summed E-state index contributed by atoms with van der Waals surface area (Å²) < 4.78 is 6.02. The van der Waals surface area contributed by atoms with E-state index in [1.807, 2.05) is 31.2 Å². The van der Waals surface area contributed by atoms with Crippen molar-refractivity contribution in [2.45, 2.75) is 20.8 Å². The van der Waals surface area contributed by atoms with Gasteiger partial charge in [-0.15, -0.1) is 0 Å². The number of rotatable bonds is 5. The second-order valence-electron chi connectivity index (χ2n) is 6.41. The van der Waals surface area contributed by atoms with Crippen LogP contribution in [0.3, 0.4) is 0 Å². The van der Waals surface area contributed by atoms with Gasteiger partial charge in [0.15, 0.2) is 11.4 Å². The maximum atomic E-state index is 6.02. The molecule has 0 fully saturated rings. The van der Waals surface area contributed by atoms with Crippen LogP contribution in [-0.2, 0) is 0 Å². The average molecular weight is 347 g/mol. The smallest absolute Gasteiger partial charge is 0.196 e. The number of benzene rings is 2. The summed E-state index contributed by atoms with van der Waals surface area (Å²) in [6.07, 6.45) is 0. The molecule has 0 atom stereocenters. The van der Waals surface area contributed by atoms with E-state index in [-0.39, 0.29) is 0 Å². The molecule has 2 heterocycles. The molecule has 0 aliphatic carbocycles. The van der Waals surface area contributed by atoms with Gasteiger partial charge in [-0.3, -0.25) is 0 Å². The number of hydrogen-bond acceptors (Lipinski definition) is 4. The van der Waals surface area contributed by atoms with E-state index in [1.54, 1.807) is 0 Å². The first-order valence-electron chi connectivity index (χ1n) is 9.07. The molecule has 0 aliphatic rings. The molecule has 0 unspecified atom stereocenters. The number of fused-ring (bicyclic) bond motifs is 3. The summed E-state index contributed by atoms with van der Waals surface area (Å²) in [5.74, 6) is 1.42. The molecule has 5 nitrogen and oxygen atoms in total. The molecule has 2 N–H and O–H groups in total. The van der Waals surface area contributed by atoms with Gasteiger partial charge in [-0.2, -0.15) is 0 Å². The van der Waals surface area contributed by atoms with Crippen molar-refractivity contribution in [3.05, 3.63) is 54.4 Å². The number of quaternary nitrogens is 1. The van der Waals surface area contributed by atoms with Gasteiger partial charge in [-0.25, -0.2) is 9.97 Å². The van der Waals surface area contributed by atoms with Crippen molar-refractivity contribution in [2.75, 3.05) is 18.4 Å². The first-order valence-corrected chi connectivity index (χ1v) is 9.07. The second kappa shape index (κ2) is 6.77. The van der Waals surface area contributed by atoms with Crippen LogP contribution in [0.4, 0.5) is 17.2 Å². The Morgan fingerprint density at radius 3 is 2.42 bits per heavy atom. The molecule has 5 heteroatoms. The van der Waals surface area contributed by atoms with Crippen LogP contribution < -0.4 is 10.2 Å². The van der Waals surface area contributed by atoms with Gasteiger partial charge in [-0.05, 0) is 45.0 Å². The van der Waals surface area contributed by atoms with E-state index >= 15 is 0 Å². The Morgan fingerprint density at radius 1 is 0.962 bits per heavy atom. The minimum Gasteiger partial charge on any atom is -0.450 e. The lowest BCUT2D eigenvalue weighted by atomic mass is 10.2. The van der Waals surface area contributed by atoms with Crippen LogP contribution in [0.5, 0.6) is 0 Å². The Hall–Kier alpha value is -2.92. The maximum Gasteiger partial charge on any atom is 0.196 e.